The highest BCUT2D eigenvalue weighted by Crippen LogP contribution is 2.03. The molecule has 0 rings (SSSR count). The second kappa shape index (κ2) is 5.47. The molecule has 5 nitrogen and oxygen atoms in total. The molecule has 0 spiro atoms. The van der Waals surface area contributed by atoms with Gasteiger partial charge in [0.15, 0.2) is 6.17 Å². The zero-order valence-electron chi connectivity index (χ0n) is 7.20. The van der Waals surface area contributed by atoms with E-state index in [0.29, 0.717) is 0 Å². The number of esters is 1. The van der Waals surface area contributed by atoms with E-state index in [4.69, 9.17) is 10.8 Å². The first-order valence-electron chi connectivity index (χ1n) is 3.78. The molecule has 2 atom stereocenters. The fourth-order valence-corrected chi connectivity index (χ4v) is 0.653. The predicted octanol–water partition coefficient (Wildman–Crippen LogP) is -0.310. The summed E-state index contributed by atoms with van der Waals surface area (Å²) >= 11 is 0. The second-order valence-corrected chi connectivity index (χ2v) is 2.40. The first-order chi connectivity index (χ1) is 5.99. The van der Waals surface area contributed by atoms with E-state index < -0.39 is 30.6 Å². The summed E-state index contributed by atoms with van der Waals surface area (Å²) in [4.78, 5) is 20.8. The molecule has 0 aromatic heterocycles. The minimum Gasteiger partial charge on any atom is -0.480 e. The number of carbonyl (C=O) groups excluding carboxylic acids is 1. The van der Waals surface area contributed by atoms with Crippen molar-refractivity contribution in [1.29, 1.82) is 0 Å². The molecule has 0 unspecified atom stereocenters. The van der Waals surface area contributed by atoms with Crippen molar-refractivity contribution in [2.24, 2.45) is 5.73 Å². The lowest BCUT2D eigenvalue weighted by Crippen LogP contribution is -2.35. The first-order valence-corrected chi connectivity index (χ1v) is 3.78. The van der Waals surface area contributed by atoms with Crippen LogP contribution in [0.15, 0.2) is 0 Å². The third-order valence-electron chi connectivity index (χ3n) is 1.32. The van der Waals surface area contributed by atoms with Crippen molar-refractivity contribution in [3.63, 3.8) is 0 Å². The van der Waals surface area contributed by atoms with Gasteiger partial charge in [0, 0.05) is 6.42 Å². The van der Waals surface area contributed by atoms with Crippen LogP contribution in [0.2, 0.25) is 0 Å². The lowest BCUT2D eigenvalue weighted by Gasteiger charge is -2.09. The Morgan fingerprint density at radius 1 is 1.62 bits per heavy atom. The second-order valence-electron chi connectivity index (χ2n) is 2.40. The van der Waals surface area contributed by atoms with Gasteiger partial charge in [0.2, 0.25) is 0 Å². The summed E-state index contributed by atoms with van der Waals surface area (Å²) in [6, 6.07) is -1.38. The first kappa shape index (κ1) is 11.8. The van der Waals surface area contributed by atoms with Gasteiger partial charge in [-0.2, -0.15) is 0 Å². The van der Waals surface area contributed by atoms with Crippen LogP contribution in [0.1, 0.15) is 13.3 Å². The van der Waals surface area contributed by atoms with E-state index in [1.54, 1.807) is 0 Å². The Balaban J connectivity index is 3.92. The van der Waals surface area contributed by atoms with Gasteiger partial charge in [-0.15, -0.1) is 0 Å². The molecule has 0 aliphatic heterocycles. The van der Waals surface area contributed by atoms with Crippen LogP contribution in [0.4, 0.5) is 4.39 Å². The molecule has 0 radical (unpaired) electrons. The number of rotatable bonds is 5. The molecule has 0 aliphatic rings. The number of alkyl halides is 1. The Hall–Kier alpha value is -1.17. The van der Waals surface area contributed by atoms with Crippen molar-refractivity contribution < 1.29 is 23.8 Å². The third kappa shape index (κ3) is 4.41. The number of carboxylic acids is 1. The van der Waals surface area contributed by atoms with Crippen LogP contribution in [-0.4, -0.2) is 35.9 Å². The predicted molar refractivity (Wildman–Crippen MR) is 41.8 cm³/mol. The topological polar surface area (TPSA) is 89.6 Å². The fraction of sp³-hybridized carbons (Fsp3) is 0.714. The van der Waals surface area contributed by atoms with E-state index in [0.717, 1.165) is 0 Å². The average molecular weight is 193 g/mol. The molecule has 0 heterocycles. The monoisotopic (exact) mass is 193 g/mol. The molecule has 0 aliphatic carbocycles. The summed E-state index contributed by atoms with van der Waals surface area (Å²) < 4.78 is 17.1. The number of nitrogens with two attached hydrogens (primary N) is 1. The van der Waals surface area contributed by atoms with Crippen LogP contribution in [0.25, 0.3) is 0 Å². The highest BCUT2D eigenvalue weighted by molar-refractivity contribution is 5.77. The van der Waals surface area contributed by atoms with Gasteiger partial charge >= 0.3 is 11.9 Å². The zero-order chi connectivity index (χ0) is 10.4. The Bertz CT molecular complexity index is 197. The van der Waals surface area contributed by atoms with Crippen LogP contribution in [0.5, 0.6) is 0 Å². The Kier molecular flexibility index (Phi) is 4.98. The van der Waals surface area contributed by atoms with Gasteiger partial charge in [-0.1, -0.05) is 0 Å². The van der Waals surface area contributed by atoms with E-state index in [-0.39, 0.29) is 6.61 Å². The Labute approximate surface area is 74.7 Å². The molecule has 0 aromatic carbocycles. The van der Waals surface area contributed by atoms with Gasteiger partial charge in [-0.3, -0.25) is 4.79 Å². The van der Waals surface area contributed by atoms with Crippen molar-refractivity contribution in [3.8, 4) is 0 Å². The maximum Gasteiger partial charge on any atom is 0.340 e. The highest BCUT2D eigenvalue weighted by Gasteiger charge is 2.24. The standard InChI is InChI=1S/C7H12FNO4/c1-2-13-7(12)4(8)3-5(9)6(10)11/h4-5H,2-3,9H2,1H3,(H,10,11)/t4-,5+/m1/s1. The summed E-state index contributed by atoms with van der Waals surface area (Å²) in [5, 5.41) is 8.30. The van der Waals surface area contributed by atoms with Crippen LogP contribution in [0, 0.1) is 0 Å². The molecule has 0 fully saturated rings. The van der Waals surface area contributed by atoms with E-state index in [9.17, 15) is 14.0 Å². The minimum atomic E-state index is -1.97. The van der Waals surface area contributed by atoms with Crippen LogP contribution in [-0.2, 0) is 14.3 Å². The van der Waals surface area contributed by atoms with Gasteiger partial charge < -0.3 is 15.6 Å². The summed E-state index contributed by atoms with van der Waals surface area (Å²) in [6.07, 6.45) is -2.53. The van der Waals surface area contributed by atoms with Crippen LogP contribution >= 0.6 is 0 Å². The molecular weight excluding hydrogens is 181 g/mol. The molecule has 13 heavy (non-hydrogen) atoms. The normalized spacial score (nSPS) is 14.7. The molecule has 3 N–H and O–H groups in total. The molecule has 6 heteroatoms. The lowest BCUT2D eigenvalue weighted by atomic mass is 10.1. The smallest absolute Gasteiger partial charge is 0.340 e. The van der Waals surface area contributed by atoms with E-state index in [1.807, 2.05) is 0 Å². The number of halogens is 1. The number of ether oxygens (including phenoxy) is 1. The summed E-state index contributed by atoms with van der Waals surface area (Å²) in [5.74, 6) is -2.41. The molecule has 76 valence electrons. The summed E-state index contributed by atoms with van der Waals surface area (Å²) in [6.45, 7) is 1.59. The quantitative estimate of drug-likeness (QED) is 0.584. The highest BCUT2D eigenvalue weighted by atomic mass is 19.1. The summed E-state index contributed by atoms with van der Waals surface area (Å²) in [5.41, 5.74) is 5.00. The van der Waals surface area contributed by atoms with Crippen LogP contribution < -0.4 is 5.73 Å². The van der Waals surface area contributed by atoms with Gasteiger partial charge in [-0.05, 0) is 6.92 Å². The van der Waals surface area contributed by atoms with Crippen molar-refractivity contribution in [2.45, 2.75) is 25.6 Å². The average Bonchev–Trinajstić information content (AvgIpc) is 2.04. The van der Waals surface area contributed by atoms with E-state index >= 15 is 0 Å². The maximum atomic E-state index is 12.8. The fourth-order valence-electron chi connectivity index (χ4n) is 0.653. The molecule has 0 amide bonds. The van der Waals surface area contributed by atoms with Crippen molar-refractivity contribution in [2.75, 3.05) is 6.61 Å². The number of aliphatic carboxylic acids is 1. The van der Waals surface area contributed by atoms with Gasteiger partial charge in [0.1, 0.15) is 6.04 Å². The molecule has 0 aromatic rings. The number of hydrogen-bond donors (Lipinski definition) is 2. The van der Waals surface area contributed by atoms with Gasteiger partial charge in [0.05, 0.1) is 6.61 Å². The zero-order valence-corrected chi connectivity index (χ0v) is 7.20. The Morgan fingerprint density at radius 2 is 2.15 bits per heavy atom. The van der Waals surface area contributed by atoms with E-state index in [1.165, 1.54) is 6.92 Å². The van der Waals surface area contributed by atoms with Gasteiger partial charge in [-0.25, -0.2) is 9.18 Å². The maximum absolute atomic E-state index is 12.8. The van der Waals surface area contributed by atoms with Crippen molar-refractivity contribution >= 4 is 11.9 Å². The summed E-state index contributed by atoms with van der Waals surface area (Å²) in [7, 11) is 0. The van der Waals surface area contributed by atoms with Gasteiger partial charge in [0.25, 0.3) is 0 Å². The minimum absolute atomic E-state index is 0.0571. The van der Waals surface area contributed by atoms with Crippen molar-refractivity contribution in [3.05, 3.63) is 0 Å². The molecule has 0 saturated carbocycles. The third-order valence-corrected chi connectivity index (χ3v) is 1.32. The number of hydrogen-bond acceptors (Lipinski definition) is 4. The Morgan fingerprint density at radius 3 is 2.54 bits per heavy atom. The van der Waals surface area contributed by atoms with Crippen molar-refractivity contribution in [1.82, 2.24) is 0 Å². The SMILES string of the molecule is CCOC(=O)[C@H](F)C[C@H](N)C(=O)O. The molecular formula is C7H12FNO4. The van der Waals surface area contributed by atoms with E-state index in [2.05, 4.69) is 4.74 Å². The number of carbonyl (C=O) groups is 2. The number of carboxylic acid groups (broad SMARTS) is 1. The van der Waals surface area contributed by atoms with Crippen LogP contribution in [0.3, 0.4) is 0 Å². The molecule has 0 bridgehead atoms. The lowest BCUT2D eigenvalue weighted by molar-refractivity contribution is -0.150. The largest absolute Gasteiger partial charge is 0.480 e. The molecule has 0 saturated heterocycles.